The maximum Gasteiger partial charge on any atom is 0.303 e. The molecule has 1 N–H and O–H groups in total. The Morgan fingerprint density at radius 2 is 1.84 bits per heavy atom. The van der Waals surface area contributed by atoms with Crippen LogP contribution in [0.2, 0.25) is 0 Å². The lowest BCUT2D eigenvalue weighted by molar-refractivity contribution is -0.385. The smallest absolute Gasteiger partial charge is 0.303 e. The van der Waals surface area contributed by atoms with Gasteiger partial charge in [-0.1, -0.05) is 36.4 Å². The maximum absolute atomic E-state index is 14.5. The van der Waals surface area contributed by atoms with Gasteiger partial charge in [0.05, 0.1) is 30.6 Å². The standard InChI is InChI=1S/C26H28N3O7P/c1-3-36-37(33,24-13-11-23(34-2)12-14-24)28-17-21-15-22(29(31)32)10-9-20(21)16-25(28)26(30)27-35-18-19-7-5-4-6-8-19/h4-15,25H,3,16-18H2,1-2H3,(H,27,30)/t25-,37?/m1/s1. The number of hydrogen-bond acceptors (Lipinski definition) is 7. The van der Waals surface area contributed by atoms with Crippen molar-refractivity contribution in [2.75, 3.05) is 13.7 Å². The van der Waals surface area contributed by atoms with Crippen LogP contribution in [0.3, 0.4) is 0 Å². The Morgan fingerprint density at radius 3 is 2.49 bits per heavy atom. The first-order valence-corrected chi connectivity index (χ1v) is 13.3. The summed E-state index contributed by atoms with van der Waals surface area (Å²) in [4.78, 5) is 29.7. The van der Waals surface area contributed by atoms with E-state index in [4.69, 9.17) is 14.1 Å². The summed E-state index contributed by atoms with van der Waals surface area (Å²) in [5, 5.41) is 11.8. The first kappa shape index (κ1) is 26.5. The number of amides is 1. The molecule has 0 aliphatic carbocycles. The Balaban J connectivity index is 1.68. The SMILES string of the molecule is CCOP(=O)(c1ccc(OC)cc1)N1Cc2cc([N+](=O)[O-])ccc2C[C@@H]1C(=O)NOCc1ccccc1. The van der Waals surface area contributed by atoms with Crippen molar-refractivity contribution in [1.82, 2.24) is 10.2 Å². The molecule has 0 saturated heterocycles. The number of rotatable bonds is 10. The topological polar surface area (TPSA) is 120 Å². The molecule has 194 valence electrons. The maximum atomic E-state index is 14.5. The quantitative estimate of drug-likeness (QED) is 0.238. The van der Waals surface area contributed by atoms with Crippen LogP contribution >= 0.6 is 7.52 Å². The molecule has 1 unspecified atom stereocenters. The predicted octanol–water partition coefficient (Wildman–Crippen LogP) is 4.13. The number of nitro benzene ring substituents is 1. The van der Waals surface area contributed by atoms with E-state index in [1.54, 1.807) is 37.3 Å². The second-order valence-electron chi connectivity index (χ2n) is 8.40. The van der Waals surface area contributed by atoms with Gasteiger partial charge in [0.15, 0.2) is 0 Å². The zero-order valence-corrected chi connectivity index (χ0v) is 21.4. The zero-order valence-electron chi connectivity index (χ0n) is 20.5. The highest BCUT2D eigenvalue weighted by molar-refractivity contribution is 7.64. The summed E-state index contributed by atoms with van der Waals surface area (Å²) in [6.07, 6.45) is 0.168. The number of hydroxylamine groups is 1. The van der Waals surface area contributed by atoms with Crippen molar-refractivity contribution in [1.29, 1.82) is 0 Å². The molecule has 10 nitrogen and oxygen atoms in total. The lowest BCUT2D eigenvalue weighted by Gasteiger charge is -2.39. The highest BCUT2D eigenvalue weighted by Crippen LogP contribution is 2.54. The van der Waals surface area contributed by atoms with Gasteiger partial charge in [0, 0.05) is 18.7 Å². The van der Waals surface area contributed by atoms with Crippen LogP contribution in [0.15, 0.2) is 72.8 Å². The van der Waals surface area contributed by atoms with Crippen LogP contribution in [0.25, 0.3) is 0 Å². The third kappa shape index (κ3) is 5.89. The van der Waals surface area contributed by atoms with Crippen molar-refractivity contribution in [2.24, 2.45) is 0 Å². The second kappa shape index (κ2) is 11.7. The molecule has 1 aliphatic rings. The van der Waals surface area contributed by atoms with E-state index < -0.39 is 24.4 Å². The van der Waals surface area contributed by atoms with E-state index in [2.05, 4.69) is 5.48 Å². The van der Waals surface area contributed by atoms with E-state index in [1.165, 1.54) is 23.9 Å². The highest BCUT2D eigenvalue weighted by Gasteiger charge is 2.44. The van der Waals surface area contributed by atoms with Crippen molar-refractivity contribution in [3.05, 3.63) is 99.6 Å². The Bertz CT molecular complexity index is 1300. The van der Waals surface area contributed by atoms with Crippen LogP contribution in [0.5, 0.6) is 5.75 Å². The molecule has 0 radical (unpaired) electrons. The van der Waals surface area contributed by atoms with Gasteiger partial charge in [-0.05, 0) is 54.3 Å². The van der Waals surface area contributed by atoms with Crippen molar-refractivity contribution >= 4 is 24.4 Å². The molecule has 0 aromatic heterocycles. The molecule has 0 saturated carbocycles. The highest BCUT2D eigenvalue weighted by atomic mass is 31.2. The molecule has 0 spiro atoms. The average molecular weight is 525 g/mol. The molecule has 1 amide bonds. The number of methoxy groups -OCH3 is 1. The minimum Gasteiger partial charge on any atom is -0.497 e. The van der Waals surface area contributed by atoms with Gasteiger partial charge in [0.1, 0.15) is 11.8 Å². The Hall–Kier alpha value is -3.56. The van der Waals surface area contributed by atoms with E-state index in [0.717, 1.165) is 11.1 Å². The van der Waals surface area contributed by atoms with Crippen LogP contribution in [-0.4, -0.2) is 35.3 Å². The number of nitrogens with one attached hydrogen (secondary N) is 1. The number of nitro groups is 1. The number of fused-ring (bicyclic) bond motifs is 1. The normalized spacial score (nSPS) is 16.9. The summed E-state index contributed by atoms with van der Waals surface area (Å²) in [6.45, 7) is 2.01. The third-order valence-corrected chi connectivity index (χ3v) is 8.76. The van der Waals surface area contributed by atoms with Crippen molar-refractivity contribution < 1.29 is 28.4 Å². The van der Waals surface area contributed by atoms with Crippen molar-refractivity contribution in [2.45, 2.75) is 32.5 Å². The van der Waals surface area contributed by atoms with Gasteiger partial charge in [-0.25, -0.2) is 10.2 Å². The molecule has 4 rings (SSSR count). The van der Waals surface area contributed by atoms with Crippen LogP contribution in [0, 0.1) is 10.1 Å². The number of carbonyl (C=O) groups is 1. The summed E-state index contributed by atoms with van der Waals surface area (Å²) in [5.74, 6) is 0.0865. The van der Waals surface area contributed by atoms with Crippen LogP contribution in [0.4, 0.5) is 5.69 Å². The molecule has 1 aliphatic heterocycles. The van der Waals surface area contributed by atoms with Gasteiger partial charge in [-0.15, -0.1) is 0 Å². The van der Waals surface area contributed by atoms with Crippen LogP contribution < -0.4 is 15.5 Å². The summed E-state index contributed by atoms with van der Waals surface area (Å²) in [6, 6.07) is 19.5. The molecular weight excluding hydrogens is 497 g/mol. The Kier molecular flexibility index (Phi) is 8.35. The van der Waals surface area contributed by atoms with E-state index in [0.29, 0.717) is 16.6 Å². The molecule has 37 heavy (non-hydrogen) atoms. The van der Waals surface area contributed by atoms with Gasteiger partial charge in [-0.3, -0.25) is 24.3 Å². The van der Waals surface area contributed by atoms with Gasteiger partial charge < -0.3 is 9.26 Å². The average Bonchev–Trinajstić information content (AvgIpc) is 2.92. The summed E-state index contributed by atoms with van der Waals surface area (Å²) in [7, 11) is -2.25. The molecule has 1 heterocycles. The van der Waals surface area contributed by atoms with Crippen LogP contribution in [0.1, 0.15) is 23.6 Å². The molecule has 3 aromatic carbocycles. The van der Waals surface area contributed by atoms with Gasteiger partial charge in [-0.2, -0.15) is 0 Å². The largest absolute Gasteiger partial charge is 0.497 e. The number of benzene rings is 3. The molecule has 0 fully saturated rings. The van der Waals surface area contributed by atoms with Gasteiger partial charge >= 0.3 is 7.52 Å². The number of ether oxygens (including phenoxy) is 1. The predicted molar refractivity (Wildman–Crippen MR) is 137 cm³/mol. The number of carbonyl (C=O) groups excluding carboxylic acids is 1. The zero-order chi connectivity index (χ0) is 26.4. The fourth-order valence-corrected chi connectivity index (χ4v) is 6.61. The molecule has 2 atom stereocenters. The van der Waals surface area contributed by atoms with E-state index in [-0.39, 0.29) is 31.9 Å². The first-order valence-electron chi connectivity index (χ1n) is 11.7. The number of non-ortho nitro benzene ring substituents is 1. The summed E-state index contributed by atoms with van der Waals surface area (Å²) >= 11 is 0. The molecule has 0 bridgehead atoms. The van der Waals surface area contributed by atoms with Gasteiger partial charge in [0.2, 0.25) is 0 Å². The van der Waals surface area contributed by atoms with Crippen molar-refractivity contribution in [3.63, 3.8) is 0 Å². The lowest BCUT2D eigenvalue weighted by Crippen LogP contribution is -2.50. The Morgan fingerprint density at radius 1 is 1.11 bits per heavy atom. The third-order valence-electron chi connectivity index (χ3n) is 6.10. The molecule has 3 aromatic rings. The number of nitrogens with zero attached hydrogens (tertiary/aromatic N) is 2. The Labute approximate surface area is 214 Å². The second-order valence-corrected chi connectivity index (χ2v) is 10.7. The summed E-state index contributed by atoms with van der Waals surface area (Å²) in [5.41, 5.74) is 4.64. The minimum absolute atomic E-state index is 0.0110. The fraction of sp³-hybridized carbons (Fsp3) is 0.269. The summed E-state index contributed by atoms with van der Waals surface area (Å²) < 4.78 is 27.1. The molecule has 11 heteroatoms. The van der Waals surface area contributed by atoms with E-state index >= 15 is 0 Å². The van der Waals surface area contributed by atoms with E-state index in [1.807, 2.05) is 30.3 Å². The minimum atomic E-state index is -3.78. The van der Waals surface area contributed by atoms with Crippen LogP contribution in [-0.2, 0) is 38.3 Å². The van der Waals surface area contributed by atoms with Crippen molar-refractivity contribution in [3.8, 4) is 5.75 Å². The fourth-order valence-electron chi connectivity index (χ4n) is 4.25. The van der Waals surface area contributed by atoms with Gasteiger partial charge in [0.25, 0.3) is 11.6 Å². The molecular formula is C26H28N3O7P. The van der Waals surface area contributed by atoms with E-state index in [9.17, 15) is 19.5 Å². The monoisotopic (exact) mass is 525 g/mol. The number of hydrogen-bond donors (Lipinski definition) is 1. The first-order chi connectivity index (χ1) is 17.9. The lowest BCUT2D eigenvalue weighted by atomic mass is 9.95.